The maximum absolute atomic E-state index is 9.94. The molecule has 1 amide bonds. The van der Waals surface area contributed by atoms with E-state index in [4.69, 9.17) is 0 Å². The van der Waals surface area contributed by atoms with Gasteiger partial charge >= 0.3 is 0 Å². The third kappa shape index (κ3) is 5.36. The molecule has 0 bridgehead atoms. The van der Waals surface area contributed by atoms with Crippen molar-refractivity contribution in [1.82, 2.24) is 10.9 Å². The van der Waals surface area contributed by atoms with Crippen molar-refractivity contribution in [1.29, 1.82) is 0 Å². The van der Waals surface area contributed by atoms with Gasteiger partial charge in [-0.2, -0.15) is 0 Å². The fraction of sp³-hybridized carbons (Fsp3) is 0.333. The van der Waals surface area contributed by atoms with Gasteiger partial charge < -0.3 is 0 Å². The maximum Gasteiger partial charge on any atom is 0.235 e. The summed E-state index contributed by atoms with van der Waals surface area (Å²) < 4.78 is 0. The molecule has 3 nitrogen and oxygen atoms in total. The van der Waals surface area contributed by atoms with Crippen molar-refractivity contribution >= 4 is 23.6 Å². The van der Waals surface area contributed by atoms with E-state index in [2.05, 4.69) is 28.6 Å². The summed E-state index contributed by atoms with van der Waals surface area (Å²) in [5, 5.41) is 0. The van der Waals surface area contributed by atoms with Gasteiger partial charge in [-0.05, 0) is 0 Å². The Kier molecular flexibility index (Phi) is 3.22. The molecule has 0 aromatic rings. The lowest BCUT2D eigenvalue weighted by Gasteiger charge is -1.93. The molecule has 39 valence electrons. The highest BCUT2D eigenvalue weighted by atomic mass is 32.1. The monoisotopic (exact) mass is 117 g/mol. The summed E-state index contributed by atoms with van der Waals surface area (Å²) in [6, 6.07) is 0. The smallest absolute Gasteiger partial charge is 0.235 e. The number of hydrazine groups is 1. The minimum atomic E-state index is -0.183. The Morgan fingerprint density at radius 2 is 2.43 bits per heavy atom. The van der Waals surface area contributed by atoms with Crippen molar-refractivity contribution in [2.75, 3.05) is 0 Å². The molecular formula is C3H5N2OS. The first-order chi connectivity index (χ1) is 3.27. The summed E-state index contributed by atoms with van der Waals surface area (Å²) >= 11 is 4.19. The number of hydrogen-bond acceptors (Lipinski definition) is 2. The molecule has 0 spiro atoms. The number of carbonyl (C=O) groups excluding carboxylic acids is 1. The Labute approximate surface area is 47.1 Å². The normalized spacial score (nSPS) is 7.00. The fourth-order valence-corrected chi connectivity index (χ4v) is 0.165. The fourth-order valence-electron chi connectivity index (χ4n) is 0.114. The zero-order valence-electron chi connectivity index (χ0n) is 3.82. The molecule has 7 heavy (non-hydrogen) atoms. The Hall–Kier alpha value is -0.640. The molecule has 0 fully saturated rings. The van der Waals surface area contributed by atoms with E-state index in [9.17, 15) is 4.79 Å². The van der Waals surface area contributed by atoms with E-state index in [1.54, 1.807) is 0 Å². The van der Waals surface area contributed by atoms with Crippen LogP contribution < -0.4 is 10.9 Å². The predicted molar refractivity (Wildman–Crippen MR) is 29.6 cm³/mol. The average Bonchev–Trinajstić information content (AvgIpc) is 1.61. The Morgan fingerprint density at radius 1 is 1.86 bits per heavy atom. The number of amides is 1. The lowest BCUT2D eigenvalue weighted by Crippen LogP contribution is -2.33. The van der Waals surface area contributed by atoms with Gasteiger partial charge in [0.25, 0.3) is 0 Å². The summed E-state index contributed by atoms with van der Waals surface area (Å²) in [6.45, 7) is 1.37. The van der Waals surface area contributed by atoms with Crippen LogP contribution in [0.3, 0.4) is 0 Å². The lowest BCUT2D eigenvalue weighted by molar-refractivity contribution is -0.119. The topological polar surface area (TPSA) is 41.1 Å². The lowest BCUT2D eigenvalue weighted by atomic mass is 10.8. The molecule has 0 aliphatic rings. The second-order valence-corrected chi connectivity index (χ2v) is 1.11. The molecule has 0 rings (SSSR count). The van der Waals surface area contributed by atoms with Gasteiger partial charge in [0.15, 0.2) is 5.49 Å². The highest BCUT2D eigenvalue weighted by molar-refractivity contribution is 7.78. The first kappa shape index (κ1) is 6.36. The molecule has 0 atom stereocenters. The van der Waals surface area contributed by atoms with E-state index in [0.717, 1.165) is 0 Å². The van der Waals surface area contributed by atoms with Crippen LogP contribution in [0.2, 0.25) is 0 Å². The van der Waals surface area contributed by atoms with E-state index in [0.29, 0.717) is 0 Å². The second kappa shape index (κ2) is 3.55. The zero-order valence-corrected chi connectivity index (χ0v) is 4.63. The number of hydrogen-bond donors (Lipinski definition) is 2. The summed E-state index contributed by atoms with van der Waals surface area (Å²) in [5.74, 6) is -0.183. The molecule has 1 radical (unpaired) electrons. The van der Waals surface area contributed by atoms with Crippen LogP contribution in [0.1, 0.15) is 6.92 Å². The van der Waals surface area contributed by atoms with Crippen molar-refractivity contribution < 1.29 is 4.79 Å². The first-order valence-corrected chi connectivity index (χ1v) is 2.07. The van der Waals surface area contributed by atoms with Crippen molar-refractivity contribution in [3.05, 3.63) is 0 Å². The highest BCUT2D eigenvalue weighted by Gasteiger charge is 1.80. The van der Waals surface area contributed by atoms with Crippen LogP contribution in [0.25, 0.3) is 0 Å². The molecule has 2 N–H and O–H groups in total. The van der Waals surface area contributed by atoms with E-state index in [1.165, 1.54) is 6.92 Å². The minimum absolute atomic E-state index is 0.183. The van der Waals surface area contributed by atoms with Crippen LogP contribution in [-0.4, -0.2) is 11.4 Å². The third-order valence-electron chi connectivity index (χ3n) is 0.290. The van der Waals surface area contributed by atoms with Crippen LogP contribution in [0.5, 0.6) is 0 Å². The molecule has 0 aromatic carbocycles. The Bertz CT molecular complexity index is 83.0. The van der Waals surface area contributed by atoms with Crippen LogP contribution in [0, 0.1) is 0 Å². The van der Waals surface area contributed by atoms with Gasteiger partial charge in [0, 0.05) is 6.92 Å². The quantitative estimate of drug-likeness (QED) is 0.290. The first-order valence-electron chi connectivity index (χ1n) is 1.66. The zero-order chi connectivity index (χ0) is 5.70. The predicted octanol–water partition coefficient (Wildman–Crippen LogP) is -0.539. The standard InChI is InChI=1S/C3H5N2OS/c1-3(6)5-4-2-7/h1H3,(H,4,7)(H,5,6). The van der Waals surface area contributed by atoms with Crippen LogP contribution in [0.4, 0.5) is 0 Å². The second-order valence-electron chi connectivity index (χ2n) is 0.908. The van der Waals surface area contributed by atoms with Crippen molar-refractivity contribution in [3.63, 3.8) is 0 Å². The third-order valence-corrected chi connectivity index (χ3v) is 0.392. The van der Waals surface area contributed by atoms with Crippen LogP contribution in [0.15, 0.2) is 0 Å². The summed E-state index contributed by atoms with van der Waals surface area (Å²) in [7, 11) is 0. The van der Waals surface area contributed by atoms with E-state index in [1.807, 2.05) is 0 Å². The molecular weight excluding hydrogens is 112 g/mol. The molecule has 0 aliphatic carbocycles. The van der Waals surface area contributed by atoms with Gasteiger partial charge in [-0.15, -0.1) is 0 Å². The molecule has 0 aromatic heterocycles. The number of rotatable bonds is 2. The van der Waals surface area contributed by atoms with Gasteiger partial charge in [0.2, 0.25) is 5.91 Å². The SMILES string of the molecule is CC(=O)NN[C]=S. The minimum Gasteiger partial charge on any atom is -0.286 e. The van der Waals surface area contributed by atoms with Crippen molar-refractivity contribution in [3.8, 4) is 0 Å². The summed E-state index contributed by atoms with van der Waals surface area (Å²) in [4.78, 5) is 9.94. The molecule has 0 saturated heterocycles. The molecule has 0 saturated carbocycles. The summed E-state index contributed by atoms with van der Waals surface area (Å²) in [6.07, 6.45) is 0. The van der Waals surface area contributed by atoms with Gasteiger partial charge in [-0.3, -0.25) is 15.6 Å². The van der Waals surface area contributed by atoms with Crippen molar-refractivity contribution in [2.24, 2.45) is 0 Å². The Balaban J connectivity index is 2.97. The maximum atomic E-state index is 9.94. The van der Waals surface area contributed by atoms with Gasteiger partial charge in [0.1, 0.15) is 0 Å². The molecule has 4 heteroatoms. The van der Waals surface area contributed by atoms with Gasteiger partial charge in [0.05, 0.1) is 0 Å². The number of nitrogens with one attached hydrogen (secondary N) is 2. The van der Waals surface area contributed by atoms with Crippen LogP contribution in [-0.2, 0) is 4.79 Å². The molecule has 0 aliphatic heterocycles. The van der Waals surface area contributed by atoms with Crippen molar-refractivity contribution in [2.45, 2.75) is 6.92 Å². The number of carbonyl (C=O) groups is 1. The van der Waals surface area contributed by atoms with Gasteiger partial charge in [-0.25, -0.2) is 0 Å². The van der Waals surface area contributed by atoms with Gasteiger partial charge in [-0.1, -0.05) is 12.2 Å². The Morgan fingerprint density at radius 3 is 2.57 bits per heavy atom. The number of thiocarbonyl (C=S) groups is 1. The average molecular weight is 117 g/mol. The molecule has 0 unspecified atom stereocenters. The highest BCUT2D eigenvalue weighted by Crippen LogP contribution is 1.48. The largest absolute Gasteiger partial charge is 0.286 e. The van der Waals surface area contributed by atoms with Crippen LogP contribution >= 0.6 is 12.2 Å². The molecule has 0 heterocycles. The summed E-state index contributed by atoms with van der Waals surface area (Å²) in [5.41, 5.74) is 6.50. The van der Waals surface area contributed by atoms with E-state index < -0.39 is 0 Å². The van der Waals surface area contributed by atoms with E-state index in [-0.39, 0.29) is 5.91 Å². The van der Waals surface area contributed by atoms with E-state index >= 15 is 0 Å².